The second kappa shape index (κ2) is 4.41. The van der Waals surface area contributed by atoms with Gasteiger partial charge in [-0.2, -0.15) is 0 Å². The van der Waals surface area contributed by atoms with Crippen molar-refractivity contribution in [3.05, 3.63) is 18.1 Å². The molecule has 1 aromatic heterocycles. The third-order valence-electron chi connectivity index (χ3n) is 2.34. The van der Waals surface area contributed by atoms with Gasteiger partial charge in [-0.1, -0.05) is 20.8 Å². The minimum atomic E-state index is 0.171. The topological polar surface area (TPSA) is 39.2 Å². The second-order valence-corrected chi connectivity index (χ2v) is 5.69. The maximum absolute atomic E-state index is 6.07. The van der Waals surface area contributed by atoms with Crippen LogP contribution >= 0.6 is 11.8 Å². The molecule has 1 atom stereocenters. The van der Waals surface area contributed by atoms with E-state index in [1.807, 2.05) is 13.0 Å². The van der Waals surface area contributed by atoms with Gasteiger partial charge in [-0.15, -0.1) is 11.8 Å². The summed E-state index contributed by atoms with van der Waals surface area (Å²) in [6, 6.07) is 2.21. The summed E-state index contributed by atoms with van der Waals surface area (Å²) < 4.78 is 5.22. The number of aryl methyl sites for hydroxylation is 1. The van der Waals surface area contributed by atoms with Crippen LogP contribution in [0.25, 0.3) is 0 Å². The molecule has 1 aromatic rings. The second-order valence-electron chi connectivity index (χ2n) is 4.62. The summed E-state index contributed by atoms with van der Waals surface area (Å²) in [5, 5.41) is 0. The molecule has 0 saturated carbocycles. The van der Waals surface area contributed by atoms with Gasteiger partial charge < -0.3 is 10.2 Å². The van der Waals surface area contributed by atoms with Crippen molar-refractivity contribution < 1.29 is 4.42 Å². The first-order valence-electron chi connectivity index (χ1n) is 4.83. The summed E-state index contributed by atoms with van der Waals surface area (Å²) in [5.41, 5.74) is 6.24. The van der Waals surface area contributed by atoms with Crippen molar-refractivity contribution in [3.8, 4) is 0 Å². The van der Waals surface area contributed by atoms with Crippen molar-refractivity contribution in [2.24, 2.45) is 11.1 Å². The van der Waals surface area contributed by atoms with Crippen LogP contribution in [0.4, 0.5) is 0 Å². The van der Waals surface area contributed by atoms with E-state index in [9.17, 15) is 0 Å². The van der Waals surface area contributed by atoms with Crippen molar-refractivity contribution >= 4 is 11.8 Å². The fourth-order valence-electron chi connectivity index (χ4n) is 0.953. The number of furan rings is 1. The summed E-state index contributed by atoms with van der Waals surface area (Å²) in [6.45, 7) is 8.48. The molecule has 0 radical (unpaired) electrons. The molecule has 2 nitrogen and oxygen atoms in total. The van der Waals surface area contributed by atoms with Crippen molar-refractivity contribution in [1.29, 1.82) is 0 Å². The van der Waals surface area contributed by atoms with E-state index >= 15 is 0 Å². The molecule has 14 heavy (non-hydrogen) atoms. The highest BCUT2D eigenvalue weighted by Gasteiger charge is 2.20. The molecule has 0 aliphatic carbocycles. The Morgan fingerprint density at radius 1 is 1.50 bits per heavy atom. The van der Waals surface area contributed by atoms with Crippen LogP contribution in [0, 0.1) is 12.3 Å². The molecule has 0 aromatic carbocycles. The fourth-order valence-corrected chi connectivity index (χ4v) is 2.21. The number of hydrogen-bond acceptors (Lipinski definition) is 3. The lowest BCUT2D eigenvalue weighted by atomic mass is 9.89. The van der Waals surface area contributed by atoms with Gasteiger partial charge in [0.1, 0.15) is 5.76 Å². The minimum Gasteiger partial charge on any atom is -0.468 e. The van der Waals surface area contributed by atoms with Crippen molar-refractivity contribution in [2.45, 2.75) is 38.6 Å². The van der Waals surface area contributed by atoms with Gasteiger partial charge in [-0.3, -0.25) is 0 Å². The lowest BCUT2D eigenvalue weighted by Crippen LogP contribution is -2.37. The molecule has 0 spiro atoms. The van der Waals surface area contributed by atoms with Gasteiger partial charge in [0.2, 0.25) is 0 Å². The summed E-state index contributed by atoms with van der Waals surface area (Å²) in [6.07, 6.45) is 1.72. The summed E-state index contributed by atoms with van der Waals surface area (Å²) in [7, 11) is 0. The summed E-state index contributed by atoms with van der Waals surface area (Å²) in [4.78, 5) is 1.20. The Labute approximate surface area is 90.2 Å². The maximum atomic E-state index is 6.07. The normalized spacial score (nSPS) is 14.4. The van der Waals surface area contributed by atoms with Crippen LogP contribution < -0.4 is 5.73 Å². The Hall–Kier alpha value is -0.410. The maximum Gasteiger partial charge on any atom is 0.114 e. The summed E-state index contributed by atoms with van der Waals surface area (Å²) >= 11 is 1.77. The number of nitrogens with two attached hydrogens (primary N) is 1. The van der Waals surface area contributed by atoms with Crippen LogP contribution in [0.3, 0.4) is 0 Å². The first-order chi connectivity index (χ1) is 6.41. The third kappa shape index (κ3) is 3.07. The average molecular weight is 213 g/mol. The Kier molecular flexibility index (Phi) is 3.67. The molecule has 0 bridgehead atoms. The van der Waals surface area contributed by atoms with Gasteiger partial charge in [0.25, 0.3) is 0 Å². The molecule has 0 fully saturated rings. The highest BCUT2D eigenvalue weighted by atomic mass is 32.2. The standard InChI is InChI=1S/C11H19NOS/c1-8-9(5-6-13-8)14-7-10(12)11(2,3)4/h5-6,10H,7,12H2,1-4H3. The predicted octanol–water partition coefficient (Wildman–Crippen LogP) is 3.05. The Morgan fingerprint density at radius 3 is 2.57 bits per heavy atom. The van der Waals surface area contributed by atoms with Crippen molar-refractivity contribution in [2.75, 3.05) is 5.75 Å². The van der Waals surface area contributed by atoms with Gasteiger partial charge in [0.15, 0.2) is 0 Å². The van der Waals surface area contributed by atoms with E-state index in [1.165, 1.54) is 4.90 Å². The molecular weight excluding hydrogens is 194 g/mol. The highest BCUT2D eigenvalue weighted by Crippen LogP contribution is 2.27. The molecule has 1 rings (SSSR count). The van der Waals surface area contributed by atoms with E-state index in [4.69, 9.17) is 10.2 Å². The van der Waals surface area contributed by atoms with Gasteiger partial charge in [0.05, 0.1) is 6.26 Å². The Morgan fingerprint density at radius 2 is 2.14 bits per heavy atom. The number of hydrogen-bond donors (Lipinski definition) is 1. The zero-order valence-corrected chi connectivity index (χ0v) is 10.1. The first-order valence-corrected chi connectivity index (χ1v) is 5.82. The van der Waals surface area contributed by atoms with E-state index < -0.39 is 0 Å². The lowest BCUT2D eigenvalue weighted by Gasteiger charge is -2.26. The van der Waals surface area contributed by atoms with E-state index in [-0.39, 0.29) is 11.5 Å². The zero-order valence-electron chi connectivity index (χ0n) is 9.33. The van der Waals surface area contributed by atoms with Crippen LogP contribution in [0.2, 0.25) is 0 Å². The molecule has 0 aliphatic rings. The van der Waals surface area contributed by atoms with Crippen LogP contribution in [0.5, 0.6) is 0 Å². The van der Waals surface area contributed by atoms with Crippen molar-refractivity contribution in [3.63, 3.8) is 0 Å². The molecule has 3 heteroatoms. The molecule has 0 amide bonds. The molecule has 1 unspecified atom stereocenters. The first kappa shape index (κ1) is 11.7. The summed E-state index contributed by atoms with van der Waals surface area (Å²) in [5.74, 6) is 1.92. The van der Waals surface area contributed by atoms with Gasteiger partial charge in [0, 0.05) is 16.7 Å². The molecule has 1 heterocycles. The average Bonchev–Trinajstić information content (AvgIpc) is 2.45. The quantitative estimate of drug-likeness (QED) is 0.784. The monoisotopic (exact) mass is 213 g/mol. The zero-order chi connectivity index (χ0) is 10.8. The number of rotatable bonds is 3. The molecule has 0 aliphatic heterocycles. The van der Waals surface area contributed by atoms with E-state index in [0.29, 0.717) is 0 Å². The van der Waals surface area contributed by atoms with Crippen LogP contribution in [-0.2, 0) is 0 Å². The van der Waals surface area contributed by atoms with Gasteiger partial charge >= 0.3 is 0 Å². The van der Waals surface area contributed by atoms with Crippen molar-refractivity contribution in [1.82, 2.24) is 0 Å². The van der Waals surface area contributed by atoms with Crippen LogP contribution in [0.15, 0.2) is 21.6 Å². The van der Waals surface area contributed by atoms with Gasteiger partial charge in [-0.05, 0) is 18.4 Å². The predicted molar refractivity (Wildman–Crippen MR) is 61.6 cm³/mol. The van der Waals surface area contributed by atoms with E-state index in [0.717, 1.165) is 11.5 Å². The van der Waals surface area contributed by atoms with Gasteiger partial charge in [-0.25, -0.2) is 0 Å². The molecule has 80 valence electrons. The third-order valence-corrected chi connectivity index (χ3v) is 3.60. The minimum absolute atomic E-state index is 0.171. The Bertz CT molecular complexity index is 288. The SMILES string of the molecule is Cc1occc1SCC(N)C(C)(C)C. The number of thioether (sulfide) groups is 1. The van der Waals surface area contributed by atoms with E-state index in [1.54, 1.807) is 18.0 Å². The lowest BCUT2D eigenvalue weighted by molar-refractivity contribution is 0.344. The Balaban J connectivity index is 2.46. The highest BCUT2D eigenvalue weighted by molar-refractivity contribution is 7.99. The van der Waals surface area contributed by atoms with E-state index in [2.05, 4.69) is 20.8 Å². The molecule has 0 saturated heterocycles. The molecular formula is C11H19NOS. The molecule has 2 N–H and O–H groups in total. The van der Waals surface area contributed by atoms with Crippen LogP contribution in [-0.4, -0.2) is 11.8 Å². The van der Waals surface area contributed by atoms with Crippen LogP contribution in [0.1, 0.15) is 26.5 Å². The fraction of sp³-hybridized carbons (Fsp3) is 0.636. The largest absolute Gasteiger partial charge is 0.468 e. The smallest absolute Gasteiger partial charge is 0.114 e.